The van der Waals surface area contributed by atoms with E-state index in [1.165, 1.54) is 13.2 Å². The summed E-state index contributed by atoms with van der Waals surface area (Å²) < 4.78 is 50.0. The number of hydrogen-bond donors (Lipinski definition) is 0. The second-order valence-electron chi connectivity index (χ2n) is 6.88. The molecule has 4 rings (SSSR count). The molecule has 1 aromatic heterocycles. The number of hydrogen-bond acceptors (Lipinski definition) is 3. The minimum Gasteiger partial charge on any atom is -0.497 e. The van der Waals surface area contributed by atoms with Gasteiger partial charge in [-0.05, 0) is 55.8 Å². The molecule has 0 N–H and O–H groups in total. The maximum Gasteiger partial charge on any atom is 0.416 e. The molecule has 1 aliphatic rings. The third-order valence-corrected chi connectivity index (χ3v) is 4.96. The molecule has 0 amide bonds. The first-order valence-electron chi connectivity index (χ1n) is 8.02. The number of carbonyl (C=O) groups is 1. The highest BCUT2D eigenvalue weighted by atomic mass is 19.4. The third kappa shape index (κ3) is 2.18. The molecular formula is C20H15F3O3. The molecule has 26 heavy (non-hydrogen) atoms. The SMILES string of the molecule is COc1ccc2c(c1)C(C)(C)c1oc3cc(C(F)(F)F)ccc3c1C2=O. The predicted octanol–water partition coefficient (Wildman–Crippen LogP) is 5.33. The van der Waals surface area contributed by atoms with E-state index in [2.05, 4.69) is 0 Å². The molecule has 2 aromatic carbocycles. The van der Waals surface area contributed by atoms with Gasteiger partial charge in [0.1, 0.15) is 17.1 Å². The number of fused-ring (bicyclic) bond motifs is 4. The lowest BCUT2D eigenvalue weighted by molar-refractivity contribution is -0.137. The number of ether oxygens (including phenoxy) is 1. The van der Waals surface area contributed by atoms with Gasteiger partial charge in [0.05, 0.1) is 18.2 Å². The van der Waals surface area contributed by atoms with Gasteiger partial charge in [-0.15, -0.1) is 0 Å². The second kappa shape index (κ2) is 5.13. The molecule has 134 valence electrons. The van der Waals surface area contributed by atoms with Crippen LogP contribution in [-0.2, 0) is 11.6 Å². The summed E-state index contributed by atoms with van der Waals surface area (Å²) in [5.74, 6) is 0.719. The van der Waals surface area contributed by atoms with Crippen LogP contribution in [-0.4, -0.2) is 12.9 Å². The minimum atomic E-state index is -4.47. The van der Waals surface area contributed by atoms with Crippen molar-refractivity contribution in [2.75, 3.05) is 7.11 Å². The van der Waals surface area contributed by atoms with Gasteiger partial charge in [-0.3, -0.25) is 4.79 Å². The number of benzene rings is 2. The molecule has 0 saturated heterocycles. The number of carbonyl (C=O) groups excluding carboxylic acids is 1. The van der Waals surface area contributed by atoms with Crippen molar-refractivity contribution in [1.29, 1.82) is 0 Å². The number of ketones is 1. The van der Waals surface area contributed by atoms with Crippen LogP contribution in [0, 0.1) is 0 Å². The summed E-state index contributed by atoms with van der Waals surface area (Å²) in [6.45, 7) is 3.76. The normalized spacial score (nSPS) is 15.7. The lowest BCUT2D eigenvalue weighted by Gasteiger charge is -2.30. The molecule has 3 nitrogen and oxygen atoms in total. The molecule has 0 atom stereocenters. The van der Waals surface area contributed by atoms with Crippen LogP contribution in [0.5, 0.6) is 5.75 Å². The Kier molecular flexibility index (Phi) is 3.29. The van der Waals surface area contributed by atoms with Crippen molar-refractivity contribution in [1.82, 2.24) is 0 Å². The quantitative estimate of drug-likeness (QED) is 0.589. The molecule has 1 heterocycles. The molecule has 0 saturated carbocycles. The Morgan fingerprint density at radius 1 is 1.08 bits per heavy atom. The highest BCUT2D eigenvalue weighted by Gasteiger charge is 2.42. The van der Waals surface area contributed by atoms with E-state index in [4.69, 9.17) is 9.15 Å². The van der Waals surface area contributed by atoms with Gasteiger partial charge in [-0.25, -0.2) is 0 Å². The fourth-order valence-electron chi connectivity index (χ4n) is 3.56. The van der Waals surface area contributed by atoms with Crippen LogP contribution < -0.4 is 4.74 Å². The fraction of sp³-hybridized carbons (Fsp3) is 0.250. The average Bonchev–Trinajstić information content (AvgIpc) is 2.98. The van der Waals surface area contributed by atoms with Gasteiger partial charge in [-0.1, -0.05) is 0 Å². The standard InChI is InChI=1S/C20H15F3O3/c1-19(2)14-9-11(25-3)5-7-12(14)17(24)16-13-6-4-10(20(21,22)23)8-15(13)26-18(16)19/h4-9H,1-3H3. The van der Waals surface area contributed by atoms with E-state index in [-0.39, 0.29) is 11.4 Å². The summed E-state index contributed by atoms with van der Waals surface area (Å²) in [5.41, 5.74) is 0.128. The molecule has 0 unspecified atom stereocenters. The van der Waals surface area contributed by atoms with Gasteiger partial charge in [0, 0.05) is 16.4 Å². The molecule has 6 heteroatoms. The Balaban J connectivity index is 2.00. The number of methoxy groups -OCH3 is 1. The van der Waals surface area contributed by atoms with Gasteiger partial charge in [0.25, 0.3) is 0 Å². The molecular weight excluding hydrogens is 345 g/mol. The van der Waals surface area contributed by atoms with Crippen molar-refractivity contribution in [2.45, 2.75) is 25.4 Å². The van der Waals surface area contributed by atoms with E-state index >= 15 is 0 Å². The average molecular weight is 360 g/mol. The Labute approximate surface area is 147 Å². The maximum absolute atomic E-state index is 13.0. The monoisotopic (exact) mass is 360 g/mol. The highest BCUT2D eigenvalue weighted by molar-refractivity contribution is 6.19. The zero-order valence-corrected chi connectivity index (χ0v) is 14.3. The maximum atomic E-state index is 13.0. The topological polar surface area (TPSA) is 39.4 Å². The summed E-state index contributed by atoms with van der Waals surface area (Å²) in [7, 11) is 1.53. The van der Waals surface area contributed by atoms with Crippen LogP contribution in [0.1, 0.15) is 46.7 Å². The molecule has 0 aliphatic heterocycles. The summed E-state index contributed by atoms with van der Waals surface area (Å²) in [5, 5.41) is 0.396. The fourth-order valence-corrected chi connectivity index (χ4v) is 3.56. The minimum absolute atomic E-state index is 0.0611. The summed E-state index contributed by atoms with van der Waals surface area (Å²) >= 11 is 0. The summed E-state index contributed by atoms with van der Waals surface area (Å²) in [6, 6.07) is 8.38. The van der Waals surface area contributed by atoms with Crippen molar-refractivity contribution in [3.8, 4) is 5.75 Å². The van der Waals surface area contributed by atoms with Crippen molar-refractivity contribution in [3.63, 3.8) is 0 Å². The largest absolute Gasteiger partial charge is 0.497 e. The van der Waals surface area contributed by atoms with Gasteiger partial charge < -0.3 is 9.15 Å². The van der Waals surface area contributed by atoms with Crippen LogP contribution in [0.15, 0.2) is 40.8 Å². The van der Waals surface area contributed by atoms with Crippen LogP contribution >= 0.6 is 0 Å². The van der Waals surface area contributed by atoms with Crippen LogP contribution in [0.3, 0.4) is 0 Å². The Hall–Kier alpha value is -2.76. The lowest BCUT2D eigenvalue weighted by atomic mass is 9.71. The van der Waals surface area contributed by atoms with E-state index in [0.717, 1.165) is 17.7 Å². The number of rotatable bonds is 1. The van der Waals surface area contributed by atoms with E-state index < -0.39 is 17.2 Å². The van der Waals surface area contributed by atoms with E-state index in [9.17, 15) is 18.0 Å². The first kappa shape index (κ1) is 16.7. The van der Waals surface area contributed by atoms with Gasteiger partial charge in [0.2, 0.25) is 0 Å². The predicted molar refractivity (Wildman–Crippen MR) is 89.8 cm³/mol. The molecule has 0 radical (unpaired) electrons. The molecule has 0 spiro atoms. The van der Waals surface area contributed by atoms with Crippen molar-refractivity contribution in [3.05, 3.63) is 64.4 Å². The zero-order chi connectivity index (χ0) is 18.9. The van der Waals surface area contributed by atoms with Crippen molar-refractivity contribution in [2.24, 2.45) is 0 Å². The summed E-state index contributed by atoms with van der Waals surface area (Å²) in [6.07, 6.45) is -4.47. The molecule has 3 aromatic rings. The zero-order valence-electron chi connectivity index (χ0n) is 14.3. The van der Waals surface area contributed by atoms with E-state index in [1.54, 1.807) is 18.2 Å². The van der Waals surface area contributed by atoms with Gasteiger partial charge in [-0.2, -0.15) is 13.2 Å². The Bertz CT molecular complexity index is 1060. The number of halogens is 3. The van der Waals surface area contributed by atoms with Crippen molar-refractivity contribution < 1.29 is 27.1 Å². The number of alkyl halides is 3. The lowest BCUT2D eigenvalue weighted by Crippen LogP contribution is -2.29. The third-order valence-electron chi connectivity index (χ3n) is 4.96. The Morgan fingerprint density at radius 2 is 1.81 bits per heavy atom. The van der Waals surface area contributed by atoms with Crippen molar-refractivity contribution >= 4 is 16.8 Å². The molecule has 0 bridgehead atoms. The van der Waals surface area contributed by atoms with Gasteiger partial charge >= 0.3 is 6.18 Å². The Morgan fingerprint density at radius 3 is 2.46 bits per heavy atom. The molecule has 1 aliphatic carbocycles. The summed E-state index contributed by atoms with van der Waals surface area (Å²) in [4.78, 5) is 13.0. The second-order valence-corrected chi connectivity index (χ2v) is 6.88. The van der Waals surface area contributed by atoms with Crippen LogP contribution in [0.25, 0.3) is 11.0 Å². The van der Waals surface area contributed by atoms with Crippen LogP contribution in [0.2, 0.25) is 0 Å². The number of furan rings is 1. The first-order chi connectivity index (χ1) is 12.1. The van der Waals surface area contributed by atoms with E-state index in [0.29, 0.717) is 28.0 Å². The first-order valence-corrected chi connectivity index (χ1v) is 8.02. The molecule has 0 fully saturated rings. The van der Waals surface area contributed by atoms with Crippen LogP contribution in [0.4, 0.5) is 13.2 Å². The van der Waals surface area contributed by atoms with E-state index in [1.807, 2.05) is 13.8 Å². The smallest absolute Gasteiger partial charge is 0.416 e. The highest BCUT2D eigenvalue weighted by Crippen LogP contribution is 2.46. The van der Waals surface area contributed by atoms with Gasteiger partial charge in [0.15, 0.2) is 5.78 Å².